The number of amides is 1. The standard InChI is InChI=1S/C15H22N4O2/c16-12(10-4-2-1-3-5-10)15(21)19-9-6-11(19)13(20)14-17-7-8-18-14/h7-8,10-12H,1-6,9,16H2,(H,17,18)/t11-,12-/m0/s1. The molecule has 3 N–H and O–H groups in total. The number of H-pyrrole nitrogens is 1. The molecule has 3 rings (SSSR count). The Labute approximate surface area is 124 Å². The van der Waals surface area contributed by atoms with Gasteiger partial charge in [-0.3, -0.25) is 9.59 Å². The van der Waals surface area contributed by atoms with E-state index < -0.39 is 12.1 Å². The summed E-state index contributed by atoms with van der Waals surface area (Å²) in [5.74, 6) is 0.406. The molecule has 2 aliphatic rings. The normalized spacial score (nSPS) is 24.4. The highest BCUT2D eigenvalue weighted by Gasteiger charge is 2.42. The number of imidazole rings is 1. The van der Waals surface area contributed by atoms with Crippen molar-refractivity contribution in [2.45, 2.75) is 50.6 Å². The maximum Gasteiger partial charge on any atom is 0.240 e. The third-order valence-corrected chi connectivity index (χ3v) is 4.78. The second-order valence-corrected chi connectivity index (χ2v) is 6.06. The quantitative estimate of drug-likeness (QED) is 0.812. The highest BCUT2D eigenvalue weighted by Crippen LogP contribution is 2.29. The van der Waals surface area contributed by atoms with Gasteiger partial charge in [-0.15, -0.1) is 0 Å². The van der Waals surface area contributed by atoms with Crippen LogP contribution in [0.5, 0.6) is 0 Å². The Morgan fingerprint density at radius 2 is 2.05 bits per heavy atom. The van der Waals surface area contributed by atoms with Crippen molar-refractivity contribution >= 4 is 11.7 Å². The summed E-state index contributed by atoms with van der Waals surface area (Å²) in [4.78, 5) is 33.2. The first-order valence-electron chi connectivity index (χ1n) is 7.78. The van der Waals surface area contributed by atoms with Gasteiger partial charge in [0.1, 0.15) is 6.04 Å². The lowest BCUT2D eigenvalue weighted by molar-refractivity contribution is -0.140. The number of nitrogens with one attached hydrogen (secondary N) is 1. The van der Waals surface area contributed by atoms with Gasteiger partial charge in [0.15, 0.2) is 5.82 Å². The number of hydrogen-bond acceptors (Lipinski definition) is 4. The van der Waals surface area contributed by atoms with Crippen molar-refractivity contribution in [3.8, 4) is 0 Å². The number of aromatic nitrogens is 2. The summed E-state index contributed by atoms with van der Waals surface area (Å²) in [6.45, 7) is 0.621. The van der Waals surface area contributed by atoms with Crippen LogP contribution in [0.3, 0.4) is 0 Å². The Bertz CT molecular complexity index is 508. The van der Waals surface area contributed by atoms with Crippen LogP contribution in [0.4, 0.5) is 0 Å². The SMILES string of the molecule is N[C@H](C(=O)N1CC[C@H]1C(=O)c1ncc[nH]1)C1CCCCC1. The monoisotopic (exact) mass is 290 g/mol. The first kappa shape index (κ1) is 14.3. The topological polar surface area (TPSA) is 92.1 Å². The van der Waals surface area contributed by atoms with Crippen molar-refractivity contribution in [2.24, 2.45) is 11.7 Å². The molecule has 1 amide bonds. The number of carbonyl (C=O) groups is 2. The second kappa shape index (κ2) is 5.97. The molecule has 6 heteroatoms. The van der Waals surface area contributed by atoms with Gasteiger partial charge >= 0.3 is 0 Å². The van der Waals surface area contributed by atoms with E-state index in [1.54, 1.807) is 17.3 Å². The number of Topliss-reactive ketones (excluding diaryl/α,β-unsaturated/α-hetero) is 1. The van der Waals surface area contributed by atoms with E-state index in [9.17, 15) is 9.59 Å². The minimum atomic E-state index is -0.461. The number of nitrogens with zero attached hydrogens (tertiary/aromatic N) is 2. The van der Waals surface area contributed by atoms with Crippen molar-refractivity contribution in [3.63, 3.8) is 0 Å². The van der Waals surface area contributed by atoms with E-state index in [0.29, 0.717) is 18.8 Å². The summed E-state index contributed by atoms with van der Waals surface area (Å²) < 4.78 is 0. The average molecular weight is 290 g/mol. The molecule has 1 aliphatic carbocycles. The van der Waals surface area contributed by atoms with Crippen LogP contribution in [0, 0.1) is 5.92 Å². The second-order valence-electron chi connectivity index (χ2n) is 6.06. The number of hydrogen-bond donors (Lipinski definition) is 2. The van der Waals surface area contributed by atoms with Gasteiger partial charge in [-0.1, -0.05) is 19.3 Å². The molecular weight excluding hydrogens is 268 g/mol. The Kier molecular flexibility index (Phi) is 4.05. The lowest BCUT2D eigenvalue weighted by Gasteiger charge is -2.42. The minimum Gasteiger partial charge on any atom is -0.342 e. The van der Waals surface area contributed by atoms with Crippen LogP contribution in [0.25, 0.3) is 0 Å². The van der Waals surface area contributed by atoms with Crippen molar-refractivity contribution in [1.82, 2.24) is 14.9 Å². The van der Waals surface area contributed by atoms with E-state index in [1.165, 1.54) is 6.42 Å². The predicted molar refractivity (Wildman–Crippen MR) is 77.6 cm³/mol. The zero-order chi connectivity index (χ0) is 14.8. The molecule has 1 aromatic rings. The van der Waals surface area contributed by atoms with Crippen molar-refractivity contribution < 1.29 is 9.59 Å². The largest absolute Gasteiger partial charge is 0.342 e. The molecule has 0 unspecified atom stereocenters. The fourth-order valence-electron chi connectivity index (χ4n) is 3.37. The molecule has 1 saturated carbocycles. The molecule has 0 radical (unpaired) electrons. The van der Waals surface area contributed by atoms with Gasteiger partial charge in [0, 0.05) is 18.9 Å². The summed E-state index contributed by atoms with van der Waals surface area (Å²) in [5, 5.41) is 0. The number of nitrogens with two attached hydrogens (primary N) is 1. The summed E-state index contributed by atoms with van der Waals surface area (Å²) in [7, 11) is 0. The molecule has 6 nitrogen and oxygen atoms in total. The van der Waals surface area contributed by atoms with Crippen LogP contribution >= 0.6 is 0 Å². The molecule has 1 aromatic heterocycles. The first-order valence-corrected chi connectivity index (χ1v) is 7.78. The molecule has 1 saturated heterocycles. The number of aromatic amines is 1. The fourth-order valence-corrected chi connectivity index (χ4v) is 3.37. The molecule has 21 heavy (non-hydrogen) atoms. The Morgan fingerprint density at radius 3 is 2.62 bits per heavy atom. The highest BCUT2D eigenvalue weighted by molar-refractivity contribution is 6.00. The van der Waals surface area contributed by atoms with E-state index in [1.807, 2.05) is 0 Å². The first-order chi connectivity index (χ1) is 10.2. The molecule has 2 atom stereocenters. The van der Waals surface area contributed by atoms with E-state index in [4.69, 9.17) is 5.73 Å². The van der Waals surface area contributed by atoms with E-state index in [0.717, 1.165) is 25.7 Å². The summed E-state index contributed by atoms with van der Waals surface area (Å²) >= 11 is 0. The minimum absolute atomic E-state index is 0.0712. The summed E-state index contributed by atoms with van der Waals surface area (Å²) in [6, 6.07) is -0.851. The predicted octanol–water partition coefficient (Wildman–Crippen LogP) is 1.10. The van der Waals surface area contributed by atoms with Crippen LogP contribution in [-0.4, -0.2) is 45.2 Å². The Hall–Kier alpha value is -1.69. The maximum absolute atomic E-state index is 12.5. The lowest BCUT2D eigenvalue weighted by atomic mass is 9.83. The Balaban J connectivity index is 1.63. The zero-order valence-corrected chi connectivity index (χ0v) is 12.1. The van der Waals surface area contributed by atoms with E-state index >= 15 is 0 Å². The van der Waals surface area contributed by atoms with Crippen molar-refractivity contribution in [3.05, 3.63) is 18.2 Å². The van der Waals surface area contributed by atoms with Crippen LogP contribution < -0.4 is 5.73 Å². The van der Waals surface area contributed by atoms with Crippen molar-refractivity contribution in [1.29, 1.82) is 0 Å². The third-order valence-electron chi connectivity index (χ3n) is 4.78. The van der Waals surface area contributed by atoms with E-state index in [-0.39, 0.29) is 17.6 Å². The molecule has 114 valence electrons. The van der Waals surface area contributed by atoms with Gasteiger partial charge < -0.3 is 15.6 Å². The highest BCUT2D eigenvalue weighted by atomic mass is 16.2. The number of ketones is 1. The molecule has 0 spiro atoms. The van der Waals surface area contributed by atoms with Crippen LogP contribution in [0.15, 0.2) is 12.4 Å². The lowest BCUT2D eigenvalue weighted by Crippen LogP contribution is -2.60. The van der Waals surface area contributed by atoms with Crippen molar-refractivity contribution in [2.75, 3.05) is 6.54 Å². The smallest absolute Gasteiger partial charge is 0.240 e. The van der Waals surface area contributed by atoms with E-state index in [2.05, 4.69) is 9.97 Å². The van der Waals surface area contributed by atoms with Gasteiger partial charge in [0.05, 0.1) is 6.04 Å². The summed E-state index contributed by atoms with van der Waals surface area (Å²) in [6.07, 6.45) is 9.46. The average Bonchev–Trinajstić information content (AvgIpc) is 3.00. The number of carbonyl (C=O) groups excluding carboxylic acids is 2. The van der Waals surface area contributed by atoms with Gasteiger partial charge in [0.2, 0.25) is 11.7 Å². The maximum atomic E-state index is 12.5. The molecular formula is C15H22N4O2. The third kappa shape index (κ3) is 2.72. The molecule has 2 heterocycles. The fraction of sp³-hybridized carbons (Fsp3) is 0.667. The number of rotatable bonds is 4. The van der Waals surface area contributed by atoms with Gasteiger partial charge in [-0.25, -0.2) is 4.98 Å². The Morgan fingerprint density at radius 1 is 1.29 bits per heavy atom. The zero-order valence-electron chi connectivity index (χ0n) is 12.1. The molecule has 2 fully saturated rings. The van der Waals surface area contributed by atoms with Gasteiger partial charge in [-0.05, 0) is 25.2 Å². The van der Waals surface area contributed by atoms with Gasteiger partial charge in [0.25, 0.3) is 0 Å². The van der Waals surface area contributed by atoms with Crippen LogP contribution in [0.2, 0.25) is 0 Å². The number of likely N-dealkylation sites (tertiary alicyclic amines) is 1. The summed E-state index contributed by atoms with van der Waals surface area (Å²) in [5.41, 5.74) is 6.16. The van der Waals surface area contributed by atoms with Gasteiger partial charge in [-0.2, -0.15) is 0 Å². The molecule has 0 bridgehead atoms. The van der Waals surface area contributed by atoms with Crippen LogP contribution in [-0.2, 0) is 4.79 Å². The molecule has 1 aliphatic heterocycles. The molecule has 0 aromatic carbocycles. The van der Waals surface area contributed by atoms with Crippen LogP contribution in [0.1, 0.15) is 49.1 Å².